The van der Waals surface area contributed by atoms with Crippen molar-refractivity contribution < 1.29 is 4.21 Å². The molecular formula is C19H22N6OS. The monoisotopic (exact) mass is 382 g/mol. The van der Waals surface area contributed by atoms with Gasteiger partial charge in [0.05, 0.1) is 27.4 Å². The van der Waals surface area contributed by atoms with E-state index in [1.807, 2.05) is 31.4 Å². The van der Waals surface area contributed by atoms with E-state index in [9.17, 15) is 4.21 Å². The molecule has 0 radical (unpaired) electrons. The Kier molecular flexibility index (Phi) is 4.10. The Morgan fingerprint density at radius 3 is 2.48 bits per heavy atom. The third kappa shape index (κ3) is 2.58. The zero-order chi connectivity index (χ0) is 19.5. The van der Waals surface area contributed by atoms with E-state index in [2.05, 4.69) is 36.0 Å². The molecule has 4 aromatic heterocycles. The molecule has 140 valence electrons. The number of nitrogens with zero attached hydrogens (tertiary/aromatic N) is 6. The minimum absolute atomic E-state index is 0.447. The fourth-order valence-electron chi connectivity index (χ4n) is 3.35. The Morgan fingerprint density at radius 2 is 1.78 bits per heavy atom. The van der Waals surface area contributed by atoms with E-state index in [1.54, 1.807) is 6.20 Å². The minimum Gasteiger partial charge on any atom is -0.254 e. The van der Waals surface area contributed by atoms with Gasteiger partial charge in [-0.05, 0) is 62.9 Å². The first-order valence-corrected chi connectivity index (χ1v) is 10.2. The van der Waals surface area contributed by atoms with Crippen LogP contribution in [-0.2, 0) is 10.8 Å². The molecule has 0 spiro atoms. The lowest BCUT2D eigenvalue weighted by Crippen LogP contribution is -2.03. The van der Waals surface area contributed by atoms with Gasteiger partial charge in [0.15, 0.2) is 5.65 Å². The summed E-state index contributed by atoms with van der Waals surface area (Å²) in [6, 6.07) is 1.92. The van der Waals surface area contributed by atoms with Crippen LogP contribution in [0.1, 0.15) is 34.9 Å². The molecule has 1 atom stereocenters. The predicted molar refractivity (Wildman–Crippen MR) is 106 cm³/mol. The Balaban J connectivity index is 2.11. The van der Waals surface area contributed by atoms with Gasteiger partial charge >= 0.3 is 0 Å². The van der Waals surface area contributed by atoms with Crippen LogP contribution in [0, 0.1) is 34.6 Å². The lowest BCUT2D eigenvalue weighted by atomic mass is 10.0. The first-order chi connectivity index (χ1) is 12.8. The van der Waals surface area contributed by atoms with E-state index in [1.165, 1.54) is 15.8 Å². The highest BCUT2D eigenvalue weighted by Crippen LogP contribution is 2.33. The average molecular weight is 382 g/mol. The van der Waals surface area contributed by atoms with Gasteiger partial charge in [0, 0.05) is 11.4 Å². The summed E-state index contributed by atoms with van der Waals surface area (Å²) in [6.07, 6.45) is 1.74. The number of rotatable bonds is 3. The van der Waals surface area contributed by atoms with Crippen molar-refractivity contribution in [2.75, 3.05) is 5.75 Å². The van der Waals surface area contributed by atoms with E-state index >= 15 is 0 Å². The van der Waals surface area contributed by atoms with E-state index in [0.29, 0.717) is 27.8 Å². The maximum absolute atomic E-state index is 13.0. The molecule has 7 nitrogen and oxygen atoms in total. The molecule has 4 heterocycles. The molecule has 0 bridgehead atoms. The summed E-state index contributed by atoms with van der Waals surface area (Å²) >= 11 is 0. The summed E-state index contributed by atoms with van der Waals surface area (Å²) in [5.74, 6) is 0.951. The van der Waals surface area contributed by atoms with Crippen molar-refractivity contribution in [3.8, 4) is 11.5 Å². The van der Waals surface area contributed by atoms with Crippen LogP contribution in [0.15, 0.2) is 17.2 Å². The maximum Gasteiger partial charge on any atom is 0.205 e. The molecule has 0 amide bonds. The molecule has 27 heavy (non-hydrogen) atoms. The van der Waals surface area contributed by atoms with Gasteiger partial charge in [0.1, 0.15) is 5.69 Å². The molecule has 4 rings (SSSR count). The fourth-order valence-corrected chi connectivity index (χ4v) is 4.44. The highest BCUT2D eigenvalue weighted by molar-refractivity contribution is 7.85. The number of hydrogen-bond donors (Lipinski definition) is 0. The summed E-state index contributed by atoms with van der Waals surface area (Å²) < 4.78 is 16.4. The molecule has 0 N–H and O–H groups in total. The first-order valence-electron chi connectivity index (χ1n) is 8.91. The van der Waals surface area contributed by atoms with E-state index < -0.39 is 10.8 Å². The zero-order valence-electron chi connectivity index (χ0n) is 16.4. The Labute approximate surface area is 159 Å². The summed E-state index contributed by atoms with van der Waals surface area (Å²) in [4.78, 5) is 5.30. The fraction of sp³-hybridized carbons (Fsp3) is 0.368. The van der Waals surface area contributed by atoms with Gasteiger partial charge in [0.2, 0.25) is 5.82 Å². The molecule has 1 unspecified atom stereocenters. The molecule has 0 aliphatic heterocycles. The number of hydrogen-bond acceptors (Lipinski definition) is 5. The van der Waals surface area contributed by atoms with Crippen LogP contribution in [0.5, 0.6) is 0 Å². The van der Waals surface area contributed by atoms with Crippen LogP contribution < -0.4 is 0 Å². The standard InChI is InChI=1S/C19H22N6OS/c1-7-27(26)18-16(19-21-15-8-10(2)9-20-25(15)23-19)22-24-14(6)12(4)11(3)13(5)17(18)24/h8-9H,7H2,1-6H3. The van der Waals surface area contributed by atoms with E-state index in [0.717, 1.165) is 22.3 Å². The van der Waals surface area contributed by atoms with Crippen molar-refractivity contribution in [3.05, 3.63) is 40.2 Å². The average Bonchev–Trinajstić information content (AvgIpc) is 3.25. The third-order valence-corrected chi connectivity index (χ3v) is 6.59. The normalized spacial score (nSPS) is 13.0. The highest BCUT2D eigenvalue weighted by Gasteiger charge is 2.26. The summed E-state index contributed by atoms with van der Waals surface area (Å²) in [7, 11) is -1.20. The van der Waals surface area contributed by atoms with Crippen molar-refractivity contribution in [2.45, 2.75) is 46.4 Å². The molecule has 0 fully saturated rings. The molecule has 0 saturated heterocycles. The number of aryl methyl sites for hydroxylation is 3. The quantitative estimate of drug-likeness (QED) is 0.544. The van der Waals surface area contributed by atoms with E-state index in [-0.39, 0.29) is 0 Å². The second-order valence-corrected chi connectivity index (χ2v) is 8.53. The lowest BCUT2D eigenvalue weighted by Gasteiger charge is -2.12. The van der Waals surface area contributed by atoms with Gasteiger partial charge in [-0.15, -0.1) is 9.73 Å². The summed E-state index contributed by atoms with van der Waals surface area (Å²) in [5, 5.41) is 13.5. The summed E-state index contributed by atoms with van der Waals surface area (Å²) in [5.41, 5.74) is 7.62. The van der Waals surface area contributed by atoms with Crippen LogP contribution in [0.2, 0.25) is 0 Å². The SMILES string of the molecule is CCS(=O)c1c(-c2nc3cc(C)cnn3n2)nn2c(C)c(C)c(C)c(C)c12. The molecule has 0 saturated carbocycles. The second kappa shape index (κ2) is 6.23. The smallest absolute Gasteiger partial charge is 0.205 e. The third-order valence-electron chi connectivity index (χ3n) is 5.23. The van der Waals surface area contributed by atoms with Crippen LogP contribution in [0.4, 0.5) is 0 Å². The highest BCUT2D eigenvalue weighted by atomic mass is 32.2. The topological polar surface area (TPSA) is 77.5 Å². The van der Waals surface area contributed by atoms with Gasteiger partial charge in [-0.25, -0.2) is 9.50 Å². The number of fused-ring (bicyclic) bond motifs is 2. The minimum atomic E-state index is -1.20. The summed E-state index contributed by atoms with van der Waals surface area (Å²) in [6.45, 7) is 12.1. The molecule has 8 heteroatoms. The van der Waals surface area contributed by atoms with Crippen molar-refractivity contribution in [3.63, 3.8) is 0 Å². The maximum atomic E-state index is 13.0. The molecule has 4 aromatic rings. The second-order valence-electron chi connectivity index (χ2n) is 6.85. The zero-order valence-corrected chi connectivity index (χ0v) is 17.2. The van der Waals surface area contributed by atoms with Crippen LogP contribution >= 0.6 is 0 Å². The lowest BCUT2D eigenvalue weighted by molar-refractivity contribution is 0.684. The van der Waals surface area contributed by atoms with Crippen molar-refractivity contribution in [1.82, 2.24) is 29.4 Å². The van der Waals surface area contributed by atoms with Crippen LogP contribution in [0.25, 0.3) is 22.7 Å². The Morgan fingerprint density at radius 1 is 1.04 bits per heavy atom. The van der Waals surface area contributed by atoms with Crippen molar-refractivity contribution in [1.29, 1.82) is 0 Å². The van der Waals surface area contributed by atoms with Gasteiger partial charge in [-0.3, -0.25) is 4.21 Å². The molecule has 0 aliphatic rings. The van der Waals surface area contributed by atoms with Gasteiger partial charge < -0.3 is 0 Å². The number of pyridine rings is 1. The Hall–Kier alpha value is -2.61. The van der Waals surface area contributed by atoms with Crippen molar-refractivity contribution >= 4 is 22.0 Å². The van der Waals surface area contributed by atoms with Gasteiger partial charge in [0.25, 0.3) is 0 Å². The van der Waals surface area contributed by atoms with Crippen LogP contribution in [0.3, 0.4) is 0 Å². The van der Waals surface area contributed by atoms with Gasteiger partial charge in [-0.1, -0.05) is 6.92 Å². The first kappa shape index (κ1) is 17.8. The van der Waals surface area contributed by atoms with Crippen LogP contribution in [-0.4, -0.2) is 39.4 Å². The molecule has 0 aliphatic carbocycles. The largest absolute Gasteiger partial charge is 0.254 e. The van der Waals surface area contributed by atoms with E-state index in [4.69, 9.17) is 5.10 Å². The molecular weight excluding hydrogens is 360 g/mol. The molecule has 0 aromatic carbocycles. The number of aromatic nitrogens is 6. The van der Waals surface area contributed by atoms with Crippen molar-refractivity contribution in [2.24, 2.45) is 0 Å². The van der Waals surface area contributed by atoms with Gasteiger partial charge in [-0.2, -0.15) is 10.2 Å². The predicted octanol–water partition coefficient (Wildman–Crippen LogP) is 3.11. The Bertz CT molecular complexity index is 1240.